The lowest BCUT2D eigenvalue weighted by molar-refractivity contribution is -0.686. The van der Waals surface area contributed by atoms with Crippen molar-refractivity contribution < 1.29 is 10.1 Å². The van der Waals surface area contributed by atoms with Crippen molar-refractivity contribution in [1.82, 2.24) is 0 Å². The maximum absolute atomic E-state index is 5.77. The van der Waals surface area contributed by atoms with E-state index in [9.17, 15) is 0 Å². The Morgan fingerprint density at radius 3 is 2.32 bits per heavy atom. The zero-order chi connectivity index (χ0) is 14.3. The van der Waals surface area contributed by atoms with Gasteiger partial charge in [-0.2, -0.15) is 0 Å². The summed E-state index contributed by atoms with van der Waals surface area (Å²) in [6.45, 7) is 13.1. The van der Waals surface area contributed by atoms with E-state index in [0.717, 1.165) is 25.3 Å². The molecule has 1 rings (SSSR count). The van der Waals surface area contributed by atoms with Gasteiger partial charge in [0.1, 0.15) is 18.9 Å². The van der Waals surface area contributed by atoms with Gasteiger partial charge in [-0.05, 0) is 42.9 Å². The zero-order valence-electron chi connectivity index (χ0n) is 13.2. The van der Waals surface area contributed by atoms with E-state index in [0.29, 0.717) is 6.04 Å². The van der Waals surface area contributed by atoms with Gasteiger partial charge in [-0.1, -0.05) is 39.8 Å². The maximum atomic E-state index is 5.77. The number of benzene rings is 1. The smallest absolute Gasteiger partial charge is 0.137 e. The summed E-state index contributed by atoms with van der Waals surface area (Å²) >= 11 is 0. The molecule has 108 valence electrons. The number of nitrogens with two attached hydrogens (primary N) is 1. The van der Waals surface area contributed by atoms with Gasteiger partial charge in [-0.25, -0.2) is 0 Å². The molecule has 2 N–H and O–H groups in total. The van der Waals surface area contributed by atoms with Gasteiger partial charge in [0.25, 0.3) is 0 Å². The van der Waals surface area contributed by atoms with Crippen LogP contribution in [0, 0.1) is 0 Å². The molecule has 1 aromatic rings. The number of hydrogen-bond acceptors (Lipinski definition) is 1. The third-order valence-corrected chi connectivity index (χ3v) is 4.12. The topological polar surface area (TPSA) is 25.8 Å². The summed E-state index contributed by atoms with van der Waals surface area (Å²) in [6.07, 6.45) is 2.36. The number of ether oxygens (including phenoxy) is 1. The van der Waals surface area contributed by atoms with Crippen LogP contribution in [0.15, 0.2) is 24.3 Å². The summed E-state index contributed by atoms with van der Waals surface area (Å²) in [5.74, 6) is 0.980. The molecule has 2 heteroatoms. The highest BCUT2D eigenvalue weighted by Gasteiger charge is 2.17. The molecule has 0 aliphatic heterocycles. The normalized spacial score (nSPS) is 13.3. The van der Waals surface area contributed by atoms with Crippen LogP contribution in [-0.4, -0.2) is 19.2 Å². The molecule has 0 fully saturated rings. The van der Waals surface area contributed by atoms with Crippen LogP contribution < -0.4 is 10.1 Å². The van der Waals surface area contributed by atoms with Crippen LogP contribution in [0.3, 0.4) is 0 Å². The largest absolute Gasteiger partial charge is 0.488 e. The summed E-state index contributed by atoms with van der Waals surface area (Å²) in [5.41, 5.74) is 1.64. The second-order valence-corrected chi connectivity index (χ2v) is 6.02. The fourth-order valence-corrected chi connectivity index (χ4v) is 1.90. The van der Waals surface area contributed by atoms with E-state index in [1.165, 1.54) is 12.0 Å². The van der Waals surface area contributed by atoms with E-state index in [1.807, 2.05) is 0 Å². The molecule has 0 aliphatic rings. The molecular weight excluding hydrogens is 234 g/mol. The summed E-state index contributed by atoms with van der Waals surface area (Å²) < 4.78 is 5.77. The van der Waals surface area contributed by atoms with E-state index < -0.39 is 0 Å². The lowest BCUT2D eigenvalue weighted by atomic mass is 9.82. The predicted molar refractivity (Wildman–Crippen MR) is 81.8 cm³/mol. The van der Waals surface area contributed by atoms with Gasteiger partial charge in [0.2, 0.25) is 0 Å². The van der Waals surface area contributed by atoms with Crippen LogP contribution in [0.5, 0.6) is 5.75 Å². The minimum absolute atomic E-state index is 0.253. The number of quaternary nitrogens is 1. The van der Waals surface area contributed by atoms with Gasteiger partial charge < -0.3 is 10.1 Å². The molecule has 0 heterocycles. The van der Waals surface area contributed by atoms with Crippen LogP contribution in [0.25, 0.3) is 0 Å². The first-order valence-electron chi connectivity index (χ1n) is 7.56. The Bertz CT molecular complexity index is 356. The molecule has 0 spiro atoms. The van der Waals surface area contributed by atoms with Crippen molar-refractivity contribution in [3.05, 3.63) is 29.8 Å². The van der Waals surface area contributed by atoms with E-state index in [1.54, 1.807) is 0 Å². The van der Waals surface area contributed by atoms with Crippen molar-refractivity contribution in [2.75, 3.05) is 13.2 Å². The maximum Gasteiger partial charge on any atom is 0.137 e. The Morgan fingerprint density at radius 1 is 1.16 bits per heavy atom. The average molecular weight is 264 g/mol. The first-order chi connectivity index (χ1) is 8.99. The average Bonchev–Trinajstić information content (AvgIpc) is 2.43. The van der Waals surface area contributed by atoms with Crippen molar-refractivity contribution in [3.63, 3.8) is 0 Å². The molecule has 0 aliphatic carbocycles. The Kier molecular flexibility index (Phi) is 6.36. The third kappa shape index (κ3) is 5.23. The fraction of sp³-hybridized carbons (Fsp3) is 0.647. The molecular formula is C17H30NO+. The van der Waals surface area contributed by atoms with Gasteiger partial charge >= 0.3 is 0 Å². The predicted octanol–water partition coefficient (Wildman–Crippen LogP) is 3.11. The van der Waals surface area contributed by atoms with Crippen LogP contribution in [0.2, 0.25) is 0 Å². The Labute approximate surface area is 118 Å². The van der Waals surface area contributed by atoms with Crippen LogP contribution in [0.4, 0.5) is 0 Å². The second-order valence-electron chi connectivity index (χ2n) is 6.02. The SMILES string of the molecule is CC[C@@H](C)[NH2+]CCOc1ccc(C(C)(C)CC)cc1. The van der Waals surface area contributed by atoms with Gasteiger partial charge in [-0.15, -0.1) is 0 Å². The lowest BCUT2D eigenvalue weighted by Crippen LogP contribution is -2.90. The standard InChI is InChI=1S/C17H29NO/c1-6-14(3)18-12-13-19-16-10-8-15(9-11-16)17(4,5)7-2/h8-11,14,18H,6-7,12-13H2,1-5H3/p+1/t14-/m1/s1. The van der Waals surface area contributed by atoms with Crippen LogP contribution in [-0.2, 0) is 5.41 Å². The zero-order valence-corrected chi connectivity index (χ0v) is 13.2. The molecule has 2 nitrogen and oxygen atoms in total. The van der Waals surface area contributed by atoms with Crippen LogP contribution >= 0.6 is 0 Å². The Hall–Kier alpha value is -1.02. The molecule has 0 unspecified atom stereocenters. The Balaban J connectivity index is 2.41. The molecule has 0 bridgehead atoms. The van der Waals surface area contributed by atoms with E-state index in [4.69, 9.17) is 4.74 Å². The first-order valence-corrected chi connectivity index (χ1v) is 7.56. The molecule has 0 saturated heterocycles. The second kappa shape index (κ2) is 7.54. The van der Waals surface area contributed by atoms with E-state index >= 15 is 0 Å². The highest BCUT2D eigenvalue weighted by molar-refractivity contribution is 5.31. The summed E-state index contributed by atoms with van der Waals surface area (Å²) in [7, 11) is 0. The van der Waals surface area contributed by atoms with Gasteiger partial charge in [0, 0.05) is 0 Å². The summed E-state index contributed by atoms with van der Waals surface area (Å²) in [5, 5.41) is 2.34. The van der Waals surface area contributed by atoms with Gasteiger partial charge in [0.15, 0.2) is 0 Å². The quantitative estimate of drug-likeness (QED) is 0.717. The van der Waals surface area contributed by atoms with Crippen molar-refractivity contribution >= 4 is 0 Å². The van der Waals surface area contributed by atoms with Crippen LogP contribution in [0.1, 0.15) is 53.0 Å². The van der Waals surface area contributed by atoms with Gasteiger partial charge in [0.05, 0.1) is 6.04 Å². The fourth-order valence-electron chi connectivity index (χ4n) is 1.90. The first kappa shape index (κ1) is 16.0. The molecule has 0 aromatic heterocycles. The van der Waals surface area contributed by atoms with Crippen molar-refractivity contribution in [2.24, 2.45) is 0 Å². The van der Waals surface area contributed by atoms with Crippen molar-refractivity contribution in [3.8, 4) is 5.75 Å². The molecule has 0 radical (unpaired) electrons. The molecule has 19 heavy (non-hydrogen) atoms. The number of hydrogen-bond donors (Lipinski definition) is 1. The van der Waals surface area contributed by atoms with Gasteiger partial charge in [-0.3, -0.25) is 0 Å². The molecule has 1 atom stereocenters. The molecule has 1 aromatic carbocycles. The minimum Gasteiger partial charge on any atom is -0.488 e. The third-order valence-electron chi connectivity index (χ3n) is 4.12. The van der Waals surface area contributed by atoms with E-state index in [-0.39, 0.29) is 5.41 Å². The number of rotatable bonds is 8. The highest BCUT2D eigenvalue weighted by atomic mass is 16.5. The highest BCUT2D eigenvalue weighted by Crippen LogP contribution is 2.27. The molecule has 0 saturated carbocycles. The van der Waals surface area contributed by atoms with Crippen molar-refractivity contribution in [1.29, 1.82) is 0 Å². The lowest BCUT2D eigenvalue weighted by Gasteiger charge is -2.23. The molecule has 0 amide bonds. The monoisotopic (exact) mass is 264 g/mol. The van der Waals surface area contributed by atoms with E-state index in [2.05, 4.69) is 64.2 Å². The Morgan fingerprint density at radius 2 is 1.79 bits per heavy atom. The van der Waals surface area contributed by atoms with Crippen molar-refractivity contribution in [2.45, 2.75) is 58.9 Å². The minimum atomic E-state index is 0.253. The summed E-state index contributed by atoms with van der Waals surface area (Å²) in [4.78, 5) is 0. The summed E-state index contributed by atoms with van der Waals surface area (Å²) in [6, 6.07) is 9.26.